The highest BCUT2D eigenvalue weighted by molar-refractivity contribution is 5.92. The average Bonchev–Trinajstić information content (AvgIpc) is 3.16. The maximum Gasteiger partial charge on any atom is 0.319 e. The molecule has 150 valence electrons. The van der Waals surface area contributed by atoms with Gasteiger partial charge in [-0.1, -0.05) is 18.2 Å². The molecule has 6 nitrogen and oxygen atoms in total. The number of carbonyl (C=O) groups excluding carboxylic acids is 1. The van der Waals surface area contributed by atoms with Crippen LogP contribution in [0.5, 0.6) is 5.75 Å². The van der Waals surface area contributed by atoms with Gasteiger partial charge < -0.3 is 20.3 Å². The molecule has 0 saturated carbocycles. The van der Waals surface area contributed by atoms with E-state index in [1.54, 1.807) is 0 Å². The van der Waals surface area contributed by atoms with Gasteiger partial charge in [0.2, 0.25) is 0 Å². The minimum absolute atomic E-state index is 0.102. The Hall–Kier alpha value is -3.28. The second-order valence-corrected chi connectivity index (χ2v) is 7.57. The van der Waals surface area contributed by atoms with Crippen molar-refractivity contribution in [2.24, 2.45) is 0 Å². The third kappa shape index (κ3) is 4.59. The van der Waals surface area contributed by atoms with Crippen molar-refractivity contribution in [1.82, 2.24) is 10.3 Å². The molecular formula is C23H26N4O2. The molecular weight excluding hydrogens is 364 g/mol. The Labute approximate surface area is 170 Å². The van der Waals surface area contributed by atoms with Crippen molar-refractivity contribution in [2.75, 3.05) is 23.3 Å². The molecule has 1 aromatic heterocycles. The number of aromatic nitrogens is 1. The summed E-state index contributed by atoms with van der Waals surface area (Å²) in [6, 6.07) is 17.5. The number of anilines is 2. The van der Waals surface area contributed by atoms with E-state index < -0.39 is 0 Å². The standard InChI is InChI=1S/C23H26N4O2/c1-16(2)29-19-9-7-17(8-10-19)25-23(28)26-18-12-14-27(15-18)22-11-13-24-21-6-4-3-5-20(21)22/h3-11,13,16,18H,12,14-15H2,1-2H3,(H2,25,26,28). The zero-order chi connectivity index (χ0) is 20.2. The lowest BCUT2D eigenvalue weighted by Crippen LogP contribution is -2.39. The van der Waals surface area contributed by atoms with Gasteiger partial charge in [0.25, 0.3) is 0 Å². The Morgan fingerprint density at radius 2 is 1.93 bits per heavy atom. The molecule has 2 N–H and O–H groups in total. The van der Waals surface area contributed by atoms with E-state index in [4.69, 9.17) is 4.74 Å². The van der Waals surface area contributed by atoms with Gasteiger partial charge in [0.05, 0.1) is 11.6 Å². The summed E-state index contributed by atoms with van der Waals surface area (Å²) in [6.07, 6.45) is 2.88. The number of nitrogens with zero attached hydrogens (tertiary/aromatic N) is 2. The highest BCUT2D eigenvalue weighted by Gasteiger charge is 2.25. The summed E-state index contributed by atoms with van der Waals surface area (Å²) >= 11 is 0. The van der Waals surface area contributed by atoms with Crippen LogP contribution in [0.3, 0.4) is 0 Å². The molecule has 0 spiro atoms. The fourth-order valence-electron chi connectivity index (χ4n) is 3.69. The van der Waals surface area contributed by atoms with Crippen LogP contribution >= 0.6 is 0 Å². The van der Waals surface area contributed by atoms with Crippen molar-refractivity contribution >= 4 is 28.3 Å². The van der Waals surface area contributed by atoms with Crippen LogP contribution in [0.2, 0.25) is 0 Å². The predicted octanol–water partition coefficient (Wildman–Crippen LogP) is 4.42. The second kappa shape index (κ2) is 8.39. The number of nitrogens with one attached hydrogen (secondary N) is 2. The zero-order valence-corrected chi connectivity index (χ0v) is 16.8. The fourth-order valence-corrected chi connectivity index (χ4v) is 3.69. The van der Waals surface area contributed by atoms with Crippen LogP contribution in [0, 0.1) is 0 Å². The Balaban J connectivity index is 1.34. The Bertz CT molecular complexity index is 982. The van der Waals surface area contributed by atoms with E-state index in [2.05, 4.69) is 26.6 Å². The van der Waals surface area contributed by atoms with Gasteiger partial charge in [-0.15, -0.1) is 0 Å². The molecule has 0 aliphatic carbocycles. The van der Waals surface area contributed by atoms with Crippen molar-refractivity contribution in [2.45, 2.75) is 32.4 Å². The summed E-state index contributed by atoms with van der Waals surface area (Å²) in [5.74, 6) is 0.793. The van der Waals surface area contributed by atoms with Crippen LogP contribution in [0.25, 0.3) is 10.9 Å². The number of ether oxygens (including phenoxy) is 1. The number of fused-ring (bicyclic) bond motifs is 1. The summed E-state index contributed by atoms with van der Waals surface area (Å²) in [7, 11) is 0. The lowest BCUT2D eigenvalue weighted by molar-refractivity contribution is 0.242. The van der Waals surface area contributed by atoms with E-state index in [1.807, 2.05) is 68.6 Å². The number of benzene rings is 2. The van der Waals surface area contributed by atoms with Gasteiger partial charge in [-0.05, 0) is 56.7 Å². The van der Waals surface area contributed by atoms with Gasteiger partial charge in [-0.3, -0.25) is 4.98 Å². The Kier molecular flexibility index (Phi) is 5.51. The largest absolute Gasteiger partial charge is 0.491 e. The topological polar surface area (TPSA) is 66.5 Å². The first-order chi connectivity index (χ1) is 14.1. The average molecular weight is 390 g/mol. The molecule has 0 bridgehead atoms. The third-order valence-electron chi connectivity index (χ3n) is 4.97. The van der Waals surface area contributed by atoms with Crippen LogP contribution < -0.4 is 20.3 Å². The van der Waals surface area contributed by atoms with E-state index in [0.717, 1.165) is 41.9 Å². The van der Waals surface area contributed by atoms with Gasteiger partial charge in [0, 0.05) is 42.1 Å². The van der Waals surface area contributed by atoms with E-state index in [9.17, 15) is 4.79 Å². The van der Waals surface area contributed by atoms with Gasteiger partial charge in [-0.25, -0.2) is 4.79 Å². The monoisotopic (exact) mass is 390 g/mol. The molecule has 1 aliphatic rings. The summed E-state index contributed by atoms with van der Waals surface area (Å²) in [6.45, 7) is 5.65. The zero-order valence-electron chi connectivity index (χ0n) is 16.8. The molecule has 2 aromatic carbocycles. The summed E-state index contributed by atoms with van der Waals surface area (Å²) in [4.78, 5) is 19.2. The van der Waals surface area contributed by atoms with Crippen molar-refractivity contribution < 1.29 is 9.53 Å². The SMILES string of the molecule is CC(C)Oc1ccc(NC(=O)NC2CCN(c3ccnc4ccccc34)C2)cc1. The van der Waals surface area contributed by atoms with E-state index in [0.29, 0.717) is 0 Å². The quantitative estimate of drug-likeness (QED) is 0.677. The molecule has 1 fully saturated rings. The lowest BCUT2D eigenvalue weighted by atomic mass is 10.2. The second-order valence-electron chi connectivity index (χ2n) is 7.57. The molecule has 1 atom stereocenters. The number of amides is 2. The first-order valence-electron chi connectivity index (χ1n) is 10.0. The smallest absolute Gasteiger partial charge is 0.319 e. The van der Waals surface area contributed by atoms with E-state index >= 15 is 0 Å². The van der Waals surface area contributed by atoms with Crippen LogP contribution in [0.4, 0.5) is 16.2 Å². The van der Waals surface area contributed by atoms with Gasteiger partial charge in [0.1, 0.15) is 5.75 Å². The van der Waals surface area contributed by atoms with Crippen LogP contribution in [0.15, 0.2) is 60.8 Å². The van der Waals surface area contributed by atoms with Crippen LogP contribution in [-0.4, -0.2) is 36.3 Å². The summed E-state index contributed by atoms with van der Waals surface area (Å²) in [5.41, 5.74) is 2.90. The molecule has 2 heterocycles. The predicted molar refractivity (Wildman–Crippen MR) is 117 cm³/mol. The molecule has 1 saturated heterocycles. The van der Waals surface area contributed by atoms with Crippen LogP contribution in [0.1, 0.15) is 20.3 Å². The first kappa shape index (κ1) is 19.1. The normalized spacial score (nSPS) is 16.2. The molecule has 6 heteroatoms. The van der Waals surface area contributed by atoms with Gasteiger partial charge in [-0.2, -0.15) is 0 Å². The van der Waals surface area contributed by atoms with E-state index in [1.165, 1.54) is 5.69 Å². The highest BCUT2D eigenvalue weighted by atomic mass is 16.5. The first-order valence-corrected chi connectivity index (χ1v) is 10.0. The summed E-state index contributed by atoms with van der Waals surface area (Å²) in [5, 5.41) is 7.13. The van der Waals surface area contributed by atoms with Gasteiger partial charge >= 0.3 is 6.03 Å². The van der Waals surface area contributed by atoms with Crippen molar-refractivity contribution in [1.29, 1.82) is 0 Å². The number of rotatable bonds is 5. The maximum atomic E-state index is 12.4. The molecule has 4 rings (SSSR count). The number of para-hydroxylation sites is 1. The minimum Gasteiger partial charge on any atom is -0.491 e. The highest BCUT2D eigenvalue weighted by Crippen LogP contribution is 2.28. The van der Waals surface area contributed by atoms with Crippen LogP contribution in [-0.2, 0) is 0 Å². The molecule has 2 amide bonds. The molecule has 1 unspecified atom stereocenters. The molecule has 29 heavy (non-hydrogen) atoms. The van der Waals surface area contributed by atoms with Crippen molar-refractivity contribution in [3.8, 4) is 5.75 Å². The maximum absolute atomic E-state index is 12.4. The molecule has 0 radical (unpaired) electrons. The minimum atomic E-state index is -0.186. The van der Waals surface area contributed by atoms with Gasteiger partial charge in [0.15, 0.2) is 0 Å². The Morgan fingerprint density at radius 1 is 1.14 bits per heavy atom. The number of urea groups is 1. The Morgan fingerprint density at radius 3 is 2.72 bits per heavy atom. The number of carbonyl (C=O) groups is 1. The third-order valence-corrected chi connectivity index (χ3v) is 4.97. The number of hydrogen-bond donors (Lipinski definition) is 2. The van der Waals surface area contributed by atoms with Crippen molar-refractivity contribution in [3.63, 3.8) is 0 Å². The van der Waals surface area contributed by atoms with E-state index in [-0.39, 0.29) is 18.2 Å². The molecule has 1 aliphatic heterocycles. The van der Waals surface area contributed by atoms with Crippen molar-refractivity contribution in [3.05, 3.63) is 60.8 Å². The molecule has 3 aromatic rings. The number of pyridine rings is 1. The lowest BCUT2D eigenvalue weighted by Gasteiger charge is -2.21. The summed E-state index contributed by atoms with van der Waals surface area (Å²) < 4.78 is 5.63. The number of hydrogen-bond acceptors (Lipinski definition) is 4. The fraction of sp³-hybridized carbons (Fsp3) is 0.304.